The second-order valence-electron chi connectivity index (χ2n) is 6.20. The molecule has 0 bridgehead atoms. The average molecular weight is 323 g/mol. The van der Waals surface area contributed by atoms with Crippen LogP contribution in [-0.4, -0.2) is 36.6 Å². The number of nitrogens with zero attached hydrogens (tertiary/aromatic N) is 1. The highest BCUT2D eigenvalue weighted by molar-refractivity contribution is 5.73. The van der Waals surface area contributed by atoms with Gasteiger partial charge in [-0.25, -0.2) is 9.18 Å². The maximum Gasteiger partial charge on any atom is 0.315 e. The molecule has 0 fully saturated rings. The van der Waals surface area contributed by atoms with Crippen LogP contribution >= 0.6 is 0 Å². The molecule has 0 aliphatic heterocycles. The van der Waals surface area contributed by atoms with Gasteiger partial charge in [-0.05, 0) is 43.1 Å². The smallest absolute Gasteiger partial charge is 0.315 e. The Bertz CT molecular complexity index is 475. The van der Waals surface area contributed by atoms with E-state index < -0.39 is 0 Å². The number of hydrogen-bond donors (Lipinski definition) is 2. The molecule has 0 spiro atoms. The molecule has 0 radical (unpaired) electrons. The monoisotopic (exact) mass is 323 g/mol. The summed E-state index contributed by atoms with van der Waals surface area (Å²) in [6.07, 6.45) is 1.05. The summed E-state index contributed by atoms with van der Waals surface area (Å²) in [6, 6.07) is 6.38. The molecular formula is C18H30FN3O. The van der Waals surface area contributed by atoms with E-state index in [-0.39, 0.29) is 11.8 Å². The van der Waals surface area contributed by atoms with Crippen molar-refractivity contribution >= 4 is 6.03 Å². The van der Waals surface area contributed by atoms with Crippen molar-refractivity contribution in [1.29, 1.82) is 0 Å². The Morgan fingerprint density at radius 1 is 1.22 bits per heavy atom. The summed E-state index contributed by atoms with van der Waals surface area (Å²) in [6.45, 7) is 11.6. The highest BCUT2D eigenvalue weighted by Crippen LogP contribution is 2.11. The van der Waals surface area contributed by atoms with E-state index in [4.69, 9.17) is 0 Å². The summed E-state index contributed by atoms with van der Waals surface area (Å²) in [7, 11) is 0. The zero-order valence-corrected chi connectivity index (χ0v) is 14.7. The normalized spacial score (nSPS) is 12.5. The number of carbonyl (C=O) groups is 1. The first-order valence-corrected chi connectivity index (χ1v) is 8.46. The van der Waals surface area contributed by atoms with Gasteiger partial charge in [0.15, 0.2) is 0 Å². The van der Waals surface area contributed by atoms with Crippen LogP contribution in [-0.2, 0) is 6.54 Å². The Morgan fingerprint density at radius 2 is 1.91 bits per heavy atom. The molecule has 1 atom stereocenters. The molecule has 1 unspecified atom stereocenters. The average Bonchev–Trinajstić information content (AvgIpc) is 2.51. The zero-order chi connectivity index (χ0) is 17.2. The fourth-order valence-electron chi connectivity index (χ4n) is 2.75. The van der Waals surface area contributed by atoms with Gasteiger partial charge in [0, 0.05) is 19.1 Å². The van der Waals surface area contributed by atoms with Crippen LogP contribution in [0, 0.1) is 11.7 Å². The molecule has 0 aliphatic rings. The molecule has 23 heavy (non-hydrogen) atoms. The van der Waals surface area contributed by atoms with Crippen LogP contribution in [0.3, 0.4) is 0 Å². The van der Waals surface area contributed by atoms with Crippen molar-refractivity contribution in [1.82, 2.24) is 15.5 Å². The highest BCUT2D eigenvalue weighted by Gasteiger charge is 2.17. The van der Waals surface area contributed by atoms with Gasteiger partial charge in [0.2, 0.25) is 0 Å². The highest BCUT2D eigenvalue weighted by atomic mass is 19.1. The molecule has 1 aromatic carbocycles. The van der Waals surface area contributed by atoms with Crippen molar-refractivity contribution in [3.05, 3.63) is 35.6 Å². The summed E-state index contributed by atoms with van der Waals surface area (Å²) in [5, 5.41) is 5.71. The van der Waals surface area contributed by atoms with Crippen molar-refractivity contribution in [3.8, 4) is 0 Å². The van der Waals surface area contributed by atoms with Crippen molar-refractivity contribution in [2.45, 2.75) is 46.7 Å². The number of amides is 2. The van der Waals surface area contributed by atoms with E-state index in [0.717, 1.165) is 25.1 Å². The van der Waals surface area contributed by atoms with E-state index >= 15 is 0 Å². The van der Waals surface area contributed by atoms with E-state index in [9.17, 15) is 9.18 Å². The van der Waals surface area contributed by atoms with Crippen LogP contribution < -0.4 is 10.6 Å². The molecule has 2 amide bonds. The van der Waals surface area contributed by atoms with Gasteiger partial charge in [0.05, 0.1) is 0 Å². The molecule has 0 saturated carbocycles. The van der Waals surface area contributed by atoms with Gasteiger partial charge in [-0.1, -0.05) is 39.8 Å². The van der Waals surface area contributed by atoms with E-state index in [0.29, 0.717) is 25.0 Å². The Hall–Kier alpha value is -1.62. The number of urea groups is 1. The molecule has 1 aromatic rings. The fraction of sp³-hybridized carbons (Fsp3) is 0.611. The minimum atomic E-state index is -0.289. The Morgan fingerprint density at radius 3 is 2.48 bits per heavy atom. The summed E-state index contributed by atoms with van der Waals surface area (Å²) in [5.41, 5.74) is 0.752. The molecule has 5 heteroatoms. The van der Waals surface area contributed by atoms with E-state index in [1.165, 1.54) is 12.1 Å². The molecule has 0 heterocycles. The third kappa shape index (κ3) is 7.46. The second kappa shape index (κ2) is 10.2. The number of carbonyl (C=O) groups excluding carboxylic acids is 1. The van der Waals surface area contributed by atoms with Crippen molar-refractivity contribution in [3.63, 3.8) is 0 Å². The Labute approximate surface area is 139 Å². The van der Waals surface area contributed by atoms with Crippen LogP contribution in [0.25, 0.3) is 0 Å². The topological polar surface area (TPSA) is 44.4 Å². The summed E-state index contributed by atoms with van der Waals surface area (Å²) in [4.78, 5) is 14.3. The summed E-state index contributed by atoms with van der Waals surface area (Å²) >= 11 is 0. The van der Waals surface area contributed by atoms with Gasteiger partial charge in [0.25, 0.3) is 0 Å². The number of rotatable bonds is 9. The van der Waals surface area contributed by atoms with Crippen LogP contribution in [0.4, 0.5) is 9.18 Å². The summed E-state index contributed by atoms with van der Waals surface area (Å²) < 4.78 is 13.1. The van der Waals surface area contributed by atoms with Gasteiger partial charge in [-0.2, -0.15) is 0 Å². The van der Waals surface area contributed by atoms with Gasteiger partial charge in [0.1, 0.15) is 5.82 Å². The van der Waals surface area contributed by atoms with Crippen LogP contribution in [0.2, 0.25) is 0 Å². The number of nitrogens with one attached hydrogen (secondary N) is 2. The maximum atomic E-state index is 13.1. The van der Waals surface area contributed by atoms with E-state index in [1.54, 1.807) is 12.1 Å². The molecule has 4 nitrogen and oxygen atoms in total. The molecule has 0 saturated heterocycles. The zero-order valence-electron chi connectivity index (χ0n) is 14.7. The second-order valence-corrected chi connectivity index (χ2v) is 6.20. The van der Waals surface area contributed by atoms with Crippen molar-refractivity contribution < 1.29 is 9.18 Å². The summed E-state index contributed by atoms with van der Waals surface area (Å²) in [5.74, 6) is 0.293. The lowest BCUT2D eigenvalue weighted by atomic mass is 10.0. The third-order valence-corrected chi connectivity index (χ3v) is 3.91. The quantitative estimate of drug-likeness (QED) is 0.732. The lowest BCUT2D eigenvalue weighted by molar-refractivity contribution is 0.184. The SMILES string of the molecule is CCN(CC)C(CNC(=O)NCc1cccc(F)c1)CC(C)C. The number of likely N-dealkylation sites (N-methyl/N-ethyl adjacent to an activating group) is 1. The molecule has 1 rings (SSSR count). The minimum Gasteiger partial charge on any atom is -0.337 e. The molecular weight excluding hydrogens is 293 g/mol. The largest absolute Gasteiger partial charge is 0.337 e. The van der Waals surface area contributed by atoms with E-state index in [1.807, 2.05) is 0 Å². The first kappa shape index (κ1) is 19.4. The van der Waals surface area contributed by atoms with Gasteiger partial charge in [-0.15, -0.1) is 0 Å². The minimum absolute atomic E-state index is 0.213. The van der Waals surface area contributed by atoms with Crippen LogP contribution in [0.5, 0.6) is 0 Å². The molecule has 0 aliphatic carbocycles. The predicted octanol–water partition coefficient (Wildman–Crippen LogP) is 3.38. The third-order valence-electron chi connectivity index (χ3n) is 3.91. The Balaban J connectivity index is 2.44. The fourth-order valence-corrected chi connectivity index (χ4v) is 2.75. The number of halogens is 1. The van der Waals surface area contributed by atoms with Crippen molar-refractivity contribution in [2.75, 3.05) is 19.6 Å². The molecule has 130 valence electrons. The number of benzene rings is 1. The Kier molecular flexibility index (Phi) is 8.62. The maximum absolute atomic E-state index is 13.1. The standard InChI is InChI=1S/C18H30FN3O/c1-5-22(6-2)17(10-14(3)4)13-21-18(23)20-12-15-8-7-9-16(19)11-15/h7-9,11,14,17H,5-6,10,12-13H2,1-4H3,(H2,20,21,23). The van der Waals surface area contributed by atoms with Crippen molar-refractivity contribution in [2.24, 2.45) is 5.92 Å². The molecule has 0 aromatic heterocycles. The lowest BCUT2D eigenvalue weighted by Gasteiger charge is -2.31. The van der Waals surface area contributed by atoms with Gasteiger partial charge in [-0.3, -0.25) is 4.90 Å². The van der Waals surface area contributed by atoms with Crippen LogP contribution in [0.1, 0.15) is 39.7 Å². The van der Waals surface area contributed by atoms with Gasteiger partial charge < -0.3 is 10.6 Å². The van der Waals surface area contributed by atoms with E-state index in [2.05, 4.69) is 43.2 Å². The molecule has 2 N–H and O–H groups in total. The van der Waals surface area contributed by atoms with Gasteiger partial charge >= 0.3 is 6.03 Å². The predicted molar refractivity (Wildman–Crippen MR) is 92.8 cm³/mol. The van der Waals surface area contributed by atoms with Crippen LogP contribution in [0.15, 0.2) is 24.3 Å². The first-order chi connectivity index (χ1) is 11.0. The number of hydrogen-bond acceptors (Lipinski definition) is 2. The first-order valence-electron chi connectivity index (χ1n) is 8.46. The lowest BCUT2D eigenvalue weighted by Crippen LogP contribution is -2.46.